The topological polar surface area (TPSA) is 26.3 Å². The maximum atomic E-state index is 11.9. The van der Waals surface area contributed by atoms with Crippen molar-refractivity contribution < 1.29 is 13.9 Å². The van der Waals surface area contributed by atoms with E-state index in [1.54, 1.807) is 12.1 Å². The van der Waals surface area contributed by atoms with Crippen molar-refractivity contribution in [2.45, 2.75) is 6.42 Å². The van der Waals surface area contributed by atoms with E-state index < -0.39 is 6.86 Å². The van der Waals surface area contributed by atoms with Gasteiger partial charge >= 0.3 is 0 Å². The van der Waals surface area contributed by atoms with Gasteiger partial charge in [-0.1, -0.05) is 31.9 Å². The third kappa shape index (κ3) is 3.57. The molecule has 0 aliphatic rings. The van der Waals surface area contributed by atoms with Gasteiger partial charge in [0.25, 0.3) is 0 Å². The molecule has 0 radical (unpaired) electrons. The number of ketones is 1. The highest BCUT2D eigenvalue weighted by Gasteiger charge is 2.10. The first kappa shape index (κ1) is 12.6. The molecule has 1 aromatic rings. The number of carbonyl (C=O) groups is 1. The lowest BCUT2D eigenvalue weighted by atomic mass is 10.1. The van der Waals surface area contributed by atoms with E-state index >= 15 is 0 Å². The number of ether oxygens (including phenoxy) is 1. The molecule has 82 valence electrons. The minimum atomic E-state index is -0.895. The van der Waals surface area contributed by atoms with Crippen LogP contribution in [0.2, 0.25) is 0 Å². The number of carbonyl (C=O) groups excluding carboxylic acids is 1. The first-order chi connectivity index (χ1) is 7.19. The maximum Gasteiger partial charge on any atom is 0.228 e. The van der Waals surface area contributed by atoms with Crippen molar-refractivity contribution in [1.82, 2.24) is 0 Å². The van der Waals surface area contributed by atoms with Gasteiger partial charge < -0.3 is 4.74 Å². The number of hydrogen-bond donors (Lipinski definition) is 0. The summed E-state index contributed by atoms with van der Waals surface area (Å²) in [5.74, 6) is 0.349. The van der Waals surface area contributed by atoms with E-state index in [-0.39, 0.29) is 5.78 Å². The average Bonchev–Trinajstić information content (AvgIpc) is 2.21. The third-order valence-corrected chi connectivity index (χ3v) is 2.87. The van der Waals surface area contributed by atoms with Gasteiger partial charge in [-0.05, 0) is 18.2 Å². The lowest BCUT2D eigenvalue weighted by Gasteiger charge is -2.06. The van der Waals surface area contributed by atoms with Crippen LogP contribution < -0.4 is 4.74 Å². The molecule has 0 saturated carbocycles. The van der Waals surface area contributed by atoms with Gasteiger partial charge in [-0.2, -0.15) is 0 Å². The first-order valence-electron chi connectivity index (χ1n) is 4.26. The zero-order chi connectivity index (χ0) is 11.3. The minimum absolute atomic E-state index is 0.0111. The summed E-state index contributed by atoms with van der Waals surface area (Å²) in [6.07, 6.45) is 0.400. The third-order valence-electron chi connectivity index (χ3n) is 1.78. The van der Waals surface area contributed by atoms with Crippen molar-refractivity contribution in [3.63, 3.8) is 0 Å². The first-order valence-corrected chi connectivity index (χ1v) is 6.18. The quantitative estimate of drug-likeness (QED) is 0.603. The van der Waals surface area contributed by atoms with E-state index in [0.717, 1.165) is 0 Å². The molecule has 15 heavy (non-hydrogen) atoms. The van der Waals surface area contributed by atoms with E-state index in [4.69, 9.17) is 0 Å². The average molecular weight is 340 g/mol. The lowest BCUT2D eigenvalue weighted by Crippen LogP contribution is -2.01. The van der Waals surface area contributed by atoms with Gasteiger partial charge in [-0.3, -0.25) is 4.79 Å². The highest BCUT2D eigenvalue weighted by Crippen LogP contribution is 2.24. The molecule has 0 unspecified atom stereocenters. The fourth-order valence-electron chi connectivity index (χ4n) is 1.09. The Morgan fingerprint density at radius 2 is 2.20 bits per heavy atom. The zero-order valence-electron chi connectivity index (χ0n) is 7.80. The summed E-state index contributed by atoms with van der Waals surface area (Å²) in [6, 6.07) is 4.82. The number of halogens is 3. The SMILES string of the molecule is O=C(CCBr)c1cc(OCF)ccc1Br. The molecule has 1 aromatic carbocycles. The molecule has 0 aliphatic carbocycles. The minimum Gasteiger partial charge on any atom is -0.463 e. The van der Waals surface area contributed by atoms with Crippen molar-refractivity contribution in [1.29, 1.82) is 0 Å². The molecule has 2 nitrogen and oxygen atoms in total. The molecule has 0 heterocycles. The van der Waals surface area contributed by atoms with Crippen LogP contribution in [0.25, 0.3) is 0 Å². The zero-order valence-corrected chi connectivity index (χ0v) is 11.0. The molecular formula is C10H9Br2FO2. The molecule has 0 N–H and O–H groups in total. The Kier molecular flexibility index (Phi) is 5.25. The molecule has 0 atom stereocenters. The molecule has 0 amide bonds. The monoisotopic (exact) mass is 338 g/mol. The van der Waals surface area contributed by atoms with Crippen molar-refractivity contribution in [2.24, 2.45) is 0 Å². The van der Waals surface area contributed by atoms with Gasteiger partial charge in [0.15, 0.2) is 5.78 Å². The van der Waals surface area contributed by atoms with Gasteiger partial charge in [-0.15, -0.1) is 0 Å². The van der Waals surface area contributed by atoms with Gasteiger partial charge in [0.2, 0.25) is 6.86 Å². The van der Waals surface area contributed by atoms with Crippen LogP contribution in [0.4, 0.5) is 4.39 Å². The maximum absolute atomic E-state index is 11.9. The van der Waals surface area contributed by atoms with E-state index in [9.17, 15) is 9.18 Å². The number of hydrogen-bond acceptors (Lipinski definition) is 2. The number of alkyl halides is 2. The van der Waals surface area contributed by atoms with Crippen LogP contribution in [0, 0.1) is 0 Å². The lowest BCUT2D eigenvalue weighted by molar-refractivity contribution is 0.0988. The summed E-state index contributed by atoms with van der Waals surface area (Å²) >= 11 is 6.46. The molecule has 0 spiro atoms. The van der Waals surface area contributed by atoms with E-state index in [1.165, 1.54) is 6.07 Å². The Bertz CT molecular complexity index is 355. The number of Topliss-reactive ketones (excluding diaryl/α,β-unsaturated/α-hetero) is 1. The molecule has 1 rings (SSSR count). The van der Waals surface area contributed by atoms with Crippen LogP contribution in [0.1, 0.15) is 16.8 Å². The van der Waals surface area contributed by atoms with Gasteiger partial charge in [0.05, 0.1) is 0 Å². The highest BCUT2D eigenvalue weighted by molar-refractivity contribution is 9.10. The van der Waals surface area contributed by atoms with Crippen molar-refractivity contribution in [3.05, 3.63) is 28.2 Å². The smallest absolute Gasteiger partial charge is 0.228 e. The Labute approximate surface area is 104 Å². The van der Waals surface area contributed by atoms with Gasteiger partial charge in [-0.25, -0.2) is 4.39 Å². The fourth-order valence-corrected chi connectivity index (χ4v) is 1.92. The van der Waals surface area contributed by atoms with Crippen LogP contribution >= 0.6 is 31.9 Å². The second-order valence-corrected chi connectivity index (χ2v) is 4.40. The van der Waals surface area contributed by atoms with E-state index in [2.05, 4.69) is 36.6 Å². The largest absolute Gasteiger partial charge is 0.463 e. The Balaban J connectivity index is 2.94. The normalized spacial score (nSPS) is 10.1. The van der Waals surface area contributed by atoms with Gasteiger partial charge in [0.1, 0.15) is 5.75 Å². The molecule has 0 bridgehead atoms. The summed E-state index contributed by atoms with van der Waals surface area (Å²) in [4.78, 5) is 11.6. The molecule has 0 fully saturated rings. The van der Waals surface area contributed by atoms with Crippen LogP contribution in [-0.2, 0) is 0 Å². The predicted octanol–water partition coefficient (Wildman–Crippen LogP) is 3.72. The summed E-state index contributed by atoms with van der Waals surface area (Å²) in [6.45, 7) is -0.895. The second-order valence-electron chi connectivity index (χ2n) is 2.76. The summed E-state index contributed by atoms with van der Waals surface area (Å²) < 4.78 is 17.3. The molecule has 0 aliphatic heterocycles. The van der Waals surface area contributed by atoms with Gasteiger partial charge in [0, 0.05) is 21.8 Å². The van der Waals surface area contributed by atoms with Crippen molar-refractivity contribution in [3.8, 4) is 5.75 Å². The molecule has 0 saturated heterocycles. The van der Waals surface area contributed by atoms with Crippen LogP contribution in [0.15, 0.2) is 22.7 Å². The number of rotatable bonds is 5. The van der Waals surface area contributed by atoms with Crippen LogP contribution in [0.3, 0.4) is 0 Å². The Morgan fingerprint density at radius 1 is 1.47 bits per heavy atom. The predicted molar refractivity (Wildman–Crippen MR) is 63.5 cm³/mol. The standard InChI is InChI=1S/C10H9Br2FO2/c11-4-3-10(14)8-5-7(15-6-13)1-2-9(8)12/h1-2,5H,3-4,6H2. The molecule has 5 heteroatoms. The summed E-state index contributed by atoms with van der Waals surface area (Å²) in [5, 5.41) is 0.604. The molecular weight excluding hydrogens is 331 g/mol. The fraction of sp³-hybridized carbons (Fsp3) is 0.300. The van der Waals surface area contributed by atoms with E-state index in [0.29, 0.717) is 27.5 Å². The highest BCUT2D eigenvalue weighted by atomic mass is 79.9. The number of benzene rings is 1. The van der Waals surface area contributed by atoms with Crippen molar-refractivity contribution >= 4 is 37.6 Å². The Hall–Kier alpha value is -0.420. The van der Waals surface area contributed by atoms with Crippen molar-refractivity contribution in [2.75, 3.05) is 12.2 Å². The molecule has 0 aromatic heterocycles. The summed E-state index contributed by atoms with van der Waals surface area (Å²) in [7, 11) is 0. The van der Waals surface area contributed by atoms with E-state index in [1.807, 2.05) is 0 Å². The van der Waals surface area contributed by atoms with Crippen LogP contribution in [0.5, 0.6) is 5.75 Å². The Morgan fingerprint density at radius 3 is 2.80 bits per heavy atom. The van der Waals surface area contributed by atoms with Crippen LogP contribution in [-0.4, -0.2) is 18.0 Å². The second kappa shape index (κ2) is 6.23. The summed E-state index contributed by atoms with van der Waals surface area (Å²) in [5.41, 5.74) is 0.514.